The Hall–Kier alpha value is -2.56. The Bertz CT molecular complexity index is 1330. The lowest BCUT2D eigenvalue weighted by Gasteiger charge is -2.28. The highest BCUT2D eigenvalue weighted by molar-refractivity contribution is 7.95. The monoisotopic (exact) mass is 600 g/mol. The largest absolute Gasteiger partial charge is 0.517 e. The number of anilines is 2. The standard InChI is InChI=1S/C18H12Cl2F6N2O6S2/c1-9-7-11(19)3-5-13(9)27(35(31,32)17(21,22)23)15(29)16(30)28(36(33,34)18(24,25)26)14-6-4-12(20)8-10(14)2/h3-8H,1-2H3. The fraction of sp³-hybridized carbons (Fsp3) is 0.222. The maximum atomic E-state index is 13.4. The maximum Gasteiger partial charge on any atom is 0.517 e. The van der Waals surface area contributed by atoms with Crippen LogP contribution in [0, 0.1) is 13.8 Å². The van der Waals surface area contributed by atoms with Crippen LogP contribution in [0.15, 0.2) is 36.4 Å². The van der Waals surface area contributed by atoms with Crippen LogP contribution in [0.5, 0.6) is 0 Å². The molecule has 0 N–H and O–H groups in total. The maximum absolute atomic E-state index is 13.4. The Morgan fingerprint density at radius 2 is 0.944 bits per heavy atom. The van der Waals surface area contributed by atoms with E-state index in [1.807, 2.05) is 0 Å². The van der Waals surface area contributed by atoms with Gasteiger partial charge >= 0.3 is 42.9 Å². The topological polar surface area (TPSA) is 109 Å². The molecule has 8 nitrogen and oxygen atoms in total. The molecule has 0 atom stereocenters. The quantitative estimate of drug-likeness (QED) is 0.372. The minimum atomic E-state index is -6.79. The second kappa shape index (κ2) is 9.72. The molecule has 0 aliphatic carbocycles. The normalized spacial score (nSPS) is 12.8. The van der Waals surface area contributed by atoms with Crippen molar-refractivity contribution < 1.29 is 52.8 Å². The number of amides is 2. The average molecular weight is 601 g/mol. The highest BCUT2D eigenvalue weighted by Gasteiger charge is 2.58. The Balaban J connectivity index is 2.89. The van der Waals surface area contributed by atoms with Crippen molar-refractivity contribution >= 4 is 66.4 Å². The van der Waals surface area contributed by atoms with E-state index in [0.29, 0.717) is 12.1 Å². The van der Waals surface area contributed by atoms with Gasteiger partial charge < -0.3 is 0 Å². The fourth-order valence-electron chi connectivity index (χ4n) is 2.77. The minimum absolute atomic E-state index is 0.141. The second-order valence-electron chi connectivity index (χ2n) is 6.90. The summed E-state index contributed by atoms with van der Waals surface area (Å²) in [5, 5.41) is -0.283. The number of hydrogen-bond donors (Lipinski definition) is 0. The predicted octanol–water partition coefficient (Wildman–Crippen LogP) is 4.68. The lowest BCUT2D eigenvalue weighted by molar-refractivity contribution is -0.135. The van der Waals surface area contributed by atoms with E-state index in [1.165, 1.54) is 0 Å². The molecule has 0 saturated carbocycles. The summed E-state index contributed by atoms with van der Waals surface area (Å²) in [5.74, 6) is -5.56. The first kappa shape index (κ1) is 29.7. The number of sulfonamides is 2. The molecule has 0 saturated heterocycles. The smallest absolute Gasteiger partial charge is 0.262 e. The Morgan fingerprint density at radius 1 is 0.667 bits per heavy atom. The molecule has 36 heavy (non-hydrogen) atoms. The van der Waals surface area contributed by atoms with Gasteiger partial charge in [0.05, 0.1) is 11.4 Å². The molecule has 2 amide bonds. The van der Waals surface area contributed by atoms with Crippen molar-refractivity contribution in [2.75, 3.05) is 8.61 Å². The first-order valence-corrected chi connectivity index (χ1v) is 12.6. The van der Waals surface area contributed by atoms with Crippen molar-refractivity contribution in [3.8, 4) is 0 Å². The lowest BCUT2D eigenvalue weighted by atomic mass is 10.2. The summed E-state index contributed by atoms with van der Waals surface area (Å²) in [6.45, 7) is 1.96. The van der Waals surface area contributed by atoms with E-state index in [0.717, 1.165) is 38.1 Å². The number of alkyl halides is 6. The summed E-state index contributed by atoms with van der Waals surface area (Å²) in [7, 11) is -13.6. The second-order valence-corrected chi connectivity index (χ2v) is 11.3. The van der Waals surface area contributed by atoms with Crippen LogP contribution < -0.4 is 8.61 Å². The molecule has 0 heterocycles. The number of carbonyl (C=O) groups is 2. The molecule has 0 aliphatic heterocycles. The molecule has 18 heteroatoms. The van der Waals surface area contributed by atoms with Gasteiger partial charge in [0, 0.05) is 10.0 Å². The summed E-state index contributed by atoms with van der Waals surface area (Å²) in [6.07, 6.45) is 0. The van der Waals surface area contributed by atoms with Crippen LogP contribution in [0.3, 0.4) is 0 Å². The Labute approximate surface area is 210 Å². The molecule has 0 unspecified atom stereocenters. The van der Waals surface area contributed by atoms with Gasteiger partial charge in [0.2, 0.25) is 0 Å². The van der Waals surface area contributed by atoms with Gasteiger partial charge in [0.15, 0.2) is 0 Å². The number of halogens is 8. The van der Waals surface area contributed by atoms with E-state index in [2.05, 4.69) is 0 Å². The molecular formula is C18H12Cl2F6N2O6S2. The van der Waals surface area contributed by atoms with Crippen LogP contribution in [-0.2, 0) is 29.6 Å². The molecule has 0 spiro atoms. The summed E-state index contributed by atoms with van der Waals surface area (Å²) in [4.78, 5) is 25.8. The highest BCUT2D eigenvalue weighted by atomic mass is 35.5. The van der Waals surface area contributed by atoms with E-state index in [4.69, 9.17) is 23.2 Å². The first-order chi connectivity index (χ1) is 16.1. The Morgan fingerprint density at radius 3 is 1.17 bits per heavy atom. The zero-order chi connectivity index (χ0) is 28.0. The molecule has 0 bridgehead atoms. The predicted molar refractivity (Wildman–Crippen MR) is 117 cm³/mol. The zero-order valence-corrected chi connectivity index (χ0v) is 20.8. The summed E-state index contributed by atoms with van der Waals surface area (Å²) >= 11 is 11.3. The Kier molecular flexibility index (Phi) is 8.01. The van der Waals surface area contributed by atoms with Gasteiger partial charge in [0.1, 0.15) is 0 Å². The zero-order valence-electron chi connectivity index (χ0n) is 17.6. The molecule has 0 aromatic heterocycles. The van der Waals surface area contributed by atoms with Crippen LogP contribution >= 0.6 is 23.2 Å². The molecule has 0 aliphatic rings. The van der Waals surface area contributed by atoms with Crippen molar-refractivity contribution in [3.05, 3.63) is 57.6 Å². The van der Waals surface area contributed by atoms with Gasteiger partial charge in [-0.05, 0) is 61.4 Å². The van der Waals surface area contributed by atoms with Gasteiger partial charge in [-0.3, -0.25) is 9.59 Å². The molecule has 198 valence electrons. The number of carbonyl (C=O) groups excluding carboxylic acids is 2. The number of hydrogen-bond acceptors (Lipinski definition) is 6. The lowest BCUT2D eigenvalue weighted by Crippen LogP contribution is -2.55. The number of rotatable bonds is 4. The number of benzene rings is 2. The van der Waals surface area contributed by atoms with E-state index in [1.54, 1.807) is 0 Å². The molecule has 0 radical (unpaired) electrons. The summed E-state index contributed by atoms with van der Waals surface area (Å²) in [6, 6.07) is 4.58. The van der Waals surface area contributed by atoms with E-state index >= 15 is 0 Å². The molecule has 2 aromatic rings. The van der Waals surface area contributed by atoms with E-state index < -0.39 is 74.0 Å². The first-order valence-electron chi connectivity index (χ1n) is 8.98. The third kappa shape index (κ3) is 5.40. The van der Waals surface area contributed by atoms with Crippen molar-refractivity contribution in [3.63, 3.8) is 0 Å². The van der Waals surface area contributed by atoms with Crippen LogP contribution in [0.2, 0.25) is 10.0 Å². The minimum Gasteiger partial charge on any atom is -0.262 e. The van der Waals surface area contributed by atoms with Crippen molar-refractivity contribution in [2.45, 2.75) is 24.9 Å². The highest BCUT2D eigenvalue weighted by Crippen LogP contribution is 2.37. The third-order valence-corrected chi connectivity index (χ3v) is 7.70. The summed E-state index contributed by atoms with van der Waals surface area (Å²) < 4.78 is 127. The van der Waals surface area contributed by atoms with E-state index in [-0.39, 0.29) is 10.0 Å². The average Bonchev–Trinajstić information content (AvgIpc) is 2.69. The van der Waals surface area contributed by atoms with Crippen LogP contribution in [0.25, 0.3) is 0 Å². The SMILES string of the molecule is Cc1cc(Cl)ccc1N(C(=O)C(=O)N(c1ccc(Cl)cc1C)S(=O)(=O)C(F)(F)F)S(=O)(=O)C(F)(F)F. The van der Waals surface area contributed by atoms with E-state index in [9.17, 15) is 52.8 Å². The van der Waals surface area contributed by atoms with Crippen molar-refractivity contribution in [2.24, 2.45) is 0 Å². The third-order valence-electron chi connectivity index (χ3n) is 4.37. The molecule has 2 rings (SSSR count). The van der Waals surface area contributed by atoms with Gasteiger partial charge in [-0.1, -0.05) is 23.2 Å². The summed E-state index contributed by atoms with van der Waals surface area (Å²) in [5.41, 5.74) is -15.6. The number of nitrogens with zero attached hydrogens (tertiary/aromatic N) is 2. The van der Waals surface area contributed by atoms with Crippen LogP contribution in [0.1, 0.15) is 11.1 Å². The van der Waals surface area contributed by atoms with Gasteiger partial charge in [-0.25, -0.2) is 0 Å². The fourth-order valence-corrected chi connectivity index (χ4v) is 5.16. The van der Waals surface area contributed by atoms with Crippen LogP contribution in [-0.4, -0.2) is 39.7 Å². The van der Waals surface area contributed by atoms with Crippen molar-refractivity contribution in [1.82, 2.24) is 0 Å². The van der Waals surface area contributed by atoms with Crippen molar-refractivity contribution in [1.29, 1.82) is 0 Å². The molecule has 2 aromatic carbocycles. The van der Waals surface area contributed by atoms with Gasteiger partial charge in [-0.2, -0.15) is 51.8 Å². The van der Waals surface area contributed by atoms with Gasteiger partial charge in [-0.15, -0.1) is 0 Å². The molecular weight excluding hydrogens is 589 g/mol. The van der Waals surface area contributed by atoms with Gasteiger partial charge in [0.25, 0.3) is 0 Å². The van der Waals surface area contributed by atoms with Crippen LogP contribution in [0.4, 0.5) is 37.7 Å². The number of aryl methyl sites for hydroxylation is 2. The molecule has 0 fully saturated rings.